The summed E-state index contributed by atoms with van der Waals surface area (Å²) in [5.74, 6) is -1.48. The lowest BCUT2D eigenvalue weighted by Gasteiger charge is -2.52. The lowest BCUT2D eigenvalue weighted by Crippen LogP contribution is -2.67. The summed E-state index contributed by atoms with van der Waals surface area (Å²) in [6, 6.07) is 4.43. The predicted octanol–water partition coefficient (Wildman–Crippen LogP) is 3.71. The van der Waals surface area contributed by atoms with Gasteiger partial charge in [-0.15, -0.1) is 0 Å². The molecule has 21 heavy (non-hydrogen) atoms. The minimum absolute atomic E-state index is 0.0263. The second-order valence-electron chi connectivity index (χ2n) is 6.69. The Labute approximate surface area is 126 Å². The lowest BCUT2D eigenvalue weighted by atomic mass is 9.85. The molecule has 4 heteroatoms. The number of benzene rings is 1. The van der Waals surface area contributed by atoms with Gasteiger partial charge < -0.3 is 5.32 Å². The molecule has 1 heterocycles. The number of hydrogen-bond donors (Lipinski definition) is 1. The van der Waals surface area contributed by atoms with Crippen molar-refractivity contribution in [1.82, 2.24) is 10.2 Å². The van der Waals surface area contributed by atoms with E-state index in [9.17, 15) is 8.78 Å². The summed E-state index contributed by atoms with van der Waals surface area (Å²) < 4.78 is 27.4. The second-order valence-corrected chi connectivity index (χ2v) is 6.69. The van der Waals surface area contributed by atoms with Gasteiger partial charge in [-0.2, -0.15) is 0 Å². The van der Waals surface area contributed by atoms with Crippen LogP contribution in [0.3, 0.4) is 0 Å². The van der Waals surface area contributed by atoms with Crippen molar-refractivity contribution in [2.24, 2.45) is 0 Å². The van der Waals surface area contributed by atoms with E-state index in [1.165, 1.54) is 6.07 Å². The first-order valence-corrected chi connectivity index (χ1v) is 7.76. The Morgan fingerprint density at radius 3 is 2.52 bits per heavy atom. The van der Waals surface area contributed by atoms with Gasteiger partial charge >= 0.3 is 0 Å². The Bertz CT molecular complexity index is 506. The summed E-state index contributed by atoms with van der Waals surface area (Å²) >= 11 is 0. The van der Waals surface area contributed by atoms with Crippen LogP contribution in [0.2, 0.25) is 0 Å². The average Bonchev–Trinajstić information content (AvgIpc) is 2.48. The Hall–Kier alpha value is -1.00. The van der Waals surface area contributed by atoms with Gasteiger partial charge in [0.25, 0.3) is 0 Å². The Balaban J connectivity index is 2.26. The van der Waals surface area contributed by atoms with Crippen LogP contribution in [-0.4, -0.2) is 29.1 Å². The number of halogens is 2. The van der Waals surface area contributed by atoms with E-state index in [1.54, 1.807) is 12.1 Å². The molecule has 1 aromatic rings. The molecule has 1 N–H and O–H groups in total. The minimum Gasteiger partial charge on any atom is -0.308 e. The summed E-state index contributed by atoms with van der Waals surface area (Å²) in [6.45, 7) is 10.8. The molecule has 2 rings (SSSR count). The molecule has 2 atom stereocenters. The monoisotopic (exact) mass is 296 g/mol. The highest BCUT2D eigenvalue weighted by Crippen LogP contribution is 2.30. The van der Waals surface area contributed by atoms with Crippen molar-refractivity contribution in [3.8, 4) is 0 Å². The Morgan fingerprint density at radius 1 is 1.19 bits per heavy atom. The van der Waals surface area contributed by atoms with Crippen molar-refractivity contribution in [1.29, 1.82) is 0 Å². The maximum absolute atomic E-state index is 14.0. The molecule has 1 aliphatic rings. The first kappa shape index (κ1) is 16.4. The maximum Gasteiger partial charge on any atom is 0.163 e. The van der Waals surface area contributed by atoms with E-state index in [-0.39, 0.29) is 11.1 Å². The minimum atomic E-state index is -0.765. The third kappa shape index (κ3) is 3.27. The van der Waals surface area contributed by atoms with Gasteiger partial charge in [0.15, 0.2) is 11.6 Å². The van der Waals surface area contributed by atoms with Crippen molar-refractivity contribution >= 4 is 0 Å². The highest BCUT2D eigenvalue weighted by atomic mass is 19.2. The van der Waals surface area contributed by atoms with Gasteiger partial charge in [0.1, 0.15) is 0 Å². The summed E-state index contributed by atoms with van der Waals surface area (Å²) in [5, 5.41) is 3.62. The van der Waals surface area contributed by atoms with Crippen LogP contribution in [0.15, 0.2) is 18.2 Å². The molecule has 1 fully saturated rings. The molecule has 0 saturated carbocycles. The first-order valence-electron chi connectivity index (χ1n) is 7.76. The molecule has 0 amide bonds. The first-order chi connectivity index (χ1) is 9.83. The van der Waals surface area contributed by atoms with Crippen LogP contribution >= 0.6 is 0 Å². The fourth-order valence-electron chi connectivity index (χ4n) is 2.89. The highest BCUT2D eigenvalue weighted by molar-refractivity contribution is 5.20. The van der Waals surface area contributed by atoms with Crippen LogP contribution in [0.5, 0.6) is 0 Å². The molecule has 2 nitrogen and oxygen atoms in total. The van der Waals surface area contributed by atoms with Crippen molar-refractivity contribution in [2.45, 2.75) is 58.2 Å². The van der Waals surface area contributed by atoms with Crippen LogP contribution in [0.4, 0.5) is 8.78 Å². The molecule has 1 aromatic carbocycles. The second kappa shape index (κ2) is 6.01. The normalized spacial score (nSPS) is 30.6. The molecular formula is C17H26F2N2. The topological polar surface area (TPSA) is 15.3 Å². The van der Waals surface area contributed by atoms with Crippen molar-refractivity contribution in [3.63, 3.8) is 0 Å². The highest BCUT2D eigenvalue weighted by Gasteiger charge is 2.41. The third-order valence-corrected chi connectivity index (χ3v) is 5.13. The smallest absolute Gasteiger partial charge is 0.163 e. The maximum atomic E-state index is 14.0. The van der Waals surface area contributed by atoms with Gasteiger partial charge in [-0.3, -0.25) is 4.90 Å². The molecule has 1 saturated heterocycles. The number of piperazine rings is 1. The number of rotatable bonds is 4. The van der Waals surface area contributed by atoms with E-state index in [0.29, 0.717) is 12.1 Å². The number of hydrogen-bond acceptors (Lipinski definition) is 2. The van der Waals surface area contributed by atoms with E-state index in [2.05, 4.69) is 37.9 Å². The fraction of sp³-hybridized carbons (Fsp3) is 0.647. The SMILES string of the molecule is CCC1(C)CN(Cc2cccc(F)c2F)C(C)(CC)CN1. The summed E-state index contributed by atoms with van der Waals surface area (Å²) in [6.07, 6.45) is 1.98. The van der Waals surface area contributed by atoms with Crippen LogP contribution in [0.25, 0.3) is 0 Å². The van der Waals surface area contributed by atoms with Crippen LogP contribution in [0, 0.1) is 11.6 Å². The number of nitrogens with one attached hydrogen (secondary N) is 1. The third-order valence-electron chi connectivity index (χ3n) is 5.13. The molecule has 0 aliphatic carbocycles. The van der Waals surface area contributed by atoms with Crippen LogP contribution < -0.4 is 5.32 Å². The molecule has 0 spiro atoms. The average molecular weight is 296 g/mol. The largest absolute Gasteiger partial charge is 0.308 e. The summed E-state index contributed by atoms with van der Waals surface area (Å²) in [5.41, 5.74) is 0.432. The van der Waals surface area contributed by atoms with E-state index < -0.39 is 11.6 Å². The van der Waals surface area contributed by atoms with E-state index in [4.69, 9.17) is 0 Å². The zero-order valence-electron chi connectivity index (χ0n) is 13.5. The number of nitrogens with zero attached hydrogens (tertiary/aromatic N) is 1. The van der Waals surface area contributed by atoms with Crippen molar-refractivity contribution in [3.05, 3.63) is 35.4 Å². The Morgan fingerprint density at radius 2 is 1.90 bits per heavy atom. The van der Waals surface area contributed by atoms with Gasteiger partial charge in [-0.25, -0.2) is 8.78 Å². The molecule has 0 radical (unpaired) electrons. The molecule has 0 aromatic heterocycles. The lowest BCUT2D eigenvalue weighted by molar-refractivity contribution is 0.00959. The molecular weight excluding hydrogens is 270 g/mol. The van der Waals surface area contributed by atoms with Crippen molar-refractivity contribution in [2.75, 3.05) is 13.1 Å². The Kier molecular flexibility index (Phi) is 4.69. The van der Waals surface area contributed by atoms with Crippen LogP contribution in [-0.2, 0) is 6.54 Å². The van der Waals surface area contributed by atoms with Crippen LogP contribution in [0.1, 0.15) is 46.1 Å². The molecule has 1 aliphatic heterocycles. The molecule has 2 unspecified atom stereocenters. The van der Waals surface area contributed by atoms with Gasteiger partial charge in [0.05, 0.1) is 0 Å². The van der Waals surface area contributed by atoms with E-state index in [0.717, 1.165) is 25.9 Å². The fourth-order valence-corrected chi connectivity index (χ4v) is 2.89. The predicted molar refractivity (Wildman–Crippen MR) is 82.2 cm³/mol. The zero-order valence-corrected chi connectivity index (χ0v) is 13.5. The van der Waals surface area contributed by atoms with Gasteiger partial charge in [0.2, 0.25) is 0 Å². The standard InChI is InChI=1S/C17H26F2N2/c1-5-16(3)12-21(17(4,6-2)11-20-16)10-13-8-7-9-14(18)15(13)19/h7-9,20H,5-6,10-12H2,1-4H3. The molecule has 118 valence electrons. The summed E-state index contributed by atoms with van der Waals surface area (Å²) in [4.78, 5) is 2.30. The zero-order chi connectivity index (χ0) is 15.7. The quantitative estimate of drug-likeness (QED) is 0.911. The van der Waals surface area contributed by atoms with Crippen molar-refractivity contribution < 1.29 is 8.78 Å². The van der Waals surface area contributed by atoms with E-state index >= 15 is 0 Å². The molecule has 0 bridgehead atoms. The van der Waals surface area contributed by atoms with Gasteiger partial charge in [-0.1, -0.05) is 26.0 Å². The van der Waals surface area contributed by atoms with E-state index in [1.807, 2.05) is 0 Å². The summed E-state index contributed by atoms with van der Waals surface area (Å²) in [7, 11) is 0. The van der Waals surface area contributed by atoms with Gasteiger partial charge in [-0.05, 0) is 32.8 Å². The van der Waals surface area contributed by atoms with Gasteiger partial charge in [0, 0.05) is 36.3 Å².